The van der Waals surface area contributed by atoms with Crippen LogP contribution >= 0.6 is 39.5 Å². The number of benzene rings is 1. The standard InChI is InChI=1S/C13H15BrN2O2S2/c1-19-6-2-5-16-11-7-9(14)3-4-10(11)15-13(16)20-8-12(17)18/h3-4,7H,2,5-6,8H2,1H3,(H,17,18). The number of hydrogen-bond acceptors (Lipinski definition) is 4. The molecule has 20 heavy (non-hydrogen) atoms. The van der Waals surface area contributed by atoms with Crippen LogP contribution in [0.5, 0.6) is 0 Å². The highest BCUT2D eigenvalue weighted by molar-refractivity contribution is 9.10. The van der Waals surface area contributed by atoms with Gasteiger partial charge in [0.15, 0.2) is 5.16 Å². The Balaban J connectivity index is 2.32. The lowest BCUT2D eigenvalue weighted by Crippen LogP contribution is -2.04. The highest BCUT2D eigenvalue weighted by Crippen LogP contribution is 2.27. The minimum atomic E-state index is -0.820. The number of fused-ring (bicyclic) bond motifs is 1. The molecule has 0 radical (unpaired) electrons. The third-order valence-electron chi connectivity index (χ3n) is 2.73. The summed E-state index contributed by atoms with van der Waals surface area (Å²) >= 11 is 6.56. The van der Waals surface area contributed by atoms with Gasteiger partial charge >= 0.3 is 5.97 Å². The molecule has 1 N–H and O–H groups in total. The zero-order valence-corrected chi connectivity index (χ0v) is 14.2. The Morgan fingerprint density at radius 2 is 2.30 bits per heavy atom. The van der Waals surface area contributed by atoms with E-state index in [0.717, 1.165) is 39.4 Å². The van der Waals surface area contributed by atoms with Gasteiger partial charge in [-0.25, -0.2) is 4.98 Å². The van der Waals surface area contributed by atoms with Gasteiger partial charge in [-0.05, 0) is 36.6 Å². The fourth-order valence-corrected chi connectivity index (χ4v) is 3.42. The number of carbonyl (C=O) groups is 1. The molecule has 0 aliphatic carbocycles. The third kappa shape index (κ3) is 3.93. The molecule has 108 valence electrons. The molecule has 2 aromatic rings. The molecule has 0 fully saturated rings. The molecule has 0 saturated carbocycles. The maximum absolute atomic E-state index is 10.7. The molecule has 0 spiro atoms. The summed E-state index contributed by atoms with van der Waals surface area (Å²) in [4.78, 5) is 15.3. The second-order valence-corrected chi connectivity index (χ2v) is 7.05. The number of nitrogens with zero attached hydrogens (tertiary/aromatic N) is 2. The first kappa shape index (κ1) is 15.7. The zero-order chi connectivity index (χ0) is 14.5. The molecule has 0 aliphatic rings. The third-order valence-corrected chi connectivity index (χ3v) is 4.88. The fourth-order valence-electron chi connectivity index (χ4n) is 1.89. The molecular weight excluding hydrogens is 360 g/mol. The Bertz CT molecular complexity index is 616. The molecule has 0 amide bonds. The van der Waals surface area contributed by atoms with Gasteiger partial charge in [0.05, 0.1) is 16.8 Å². The Morgan fingerprint density at radius 3 is 3.00 bits per heavy atom. The molecule has 2 rings (SSSR count). The van der Waals surface area contributed by atoms with Gasteiger partial charge in [0.25, 0.3) is 0 Å². The zero-order valence-electron chi connectivity index (χ0n) is 11.0. The molecule has 1 heterocycles. The van der Waals surface area contributed by atoms with E-state index in [0.29, 0.717) is 0 Å². The number of aryl methyl sites for hydroxylation is 1. The first-order valence-electron chi connectivity index (χ1n) is 6.11. The van der Waals surface area contributed by atoms with Crippen LogP contribution in [0.3, 0.4) is 0 Å². The molecule has 1 aromatic heterocycles. The Kier molecular flexibility index (Phi) is 5.80. The van der Waals surface area contributed by atoms with Gasteiger partial charge in [-0.3, -0.25) is 4.79 Å². The predicted octanol–water partition coefficient (Wildman–Crippen LogP) is 3.73. The van der Waals surface area contributed by atoms with E-state index in [2.05, 4.69) is 31.7 Å². The van der Waals surface area contributed by atoms with E-state index in [9.17, 15) is 4.79 Å². The normalized spacial score (nSPS) is 11.1. The van der Waals surface area contributed by atoms with Crippen LogP contribution in [0, 0.1) is 0 Å². The van der Waals surface area contributed by atoms with E-state index in [1.807, 2.05) is 30.0 Å². The van der Waals surface area contributed by atoms with Crippen molar-refractivity contribution in [1.82, 2.24) is 9.55 Å². The molecule has 0 bridgehead atoms. The van der Waals surface area contributed by atoms with Crippen LogP contribution in [0.15, 0.2) is 27.8 Å². The number of aliphatic carboxylic acids is 1. The van der Waals surface area contributed by atoms with Crippen LogP contribution in [-0.4, -0.2) is 38.4 Å². The van der Waals surface area contributed by atoms with Gasteiger partial charge in [-0.2, -0.15) is 11.8 Å². The average Bonchev–Trinajstić information content (AvgIpc) is 2.74. The number of aromatic nitrogens is 2. The molecule has 1 aromatic carbocycles. The maximum Gasteiger partial charge on any atom is 0.313 e. The highest BCUT2D eigenvalue weighted by Gasteiger charge is 2.12. The minimum Gasteiger partial charge on any atom is -0.481 e. The van der Waals surface area contributed by atoms with Crippen molar-refractivity contribution in [2.75, 3.05) is 17.8 Å². The predicted molar refractivity (Wildman–Crippen MR) is 88.8 cm³/mol. The Labute approximate surface area is 134 Å². The monoisotopic (exact) mass is 374 g/mol. The Hall–Kier alpha value is -0.660. The summed E-state index contributed by atoms with van der Waals surface area (Å²) in [6.07, 6.45) is 3.13. The first-order chi connectivity index (χ1) is 9.61. The average molecular weight is 375 g/mol. The summed E-state index contributed by atoms with van der Waals surface area (Å²) in [5, 5.41) is 9.61. The maximum atomic E-state index is 10.7. The smallest absolute Gasteiger partial charge is 0.313 e. The van der Waals surface area contributed by atoms with Crippen molar-refractivity contribution < 1.29 is 9.90 Å². The number of carboxylic acids is 1. The lowest BCUT2D eigenvalue weighted by atomic mass is 10.3. The molecule has 0 atom stereocenters. The molecule has 0 saturated heterocycles. The summed E-state index contributed by atoms with van der Waals surface area (Å²) in [5.41, 5.74) is 1.96. The van der Waals surface area contributed by atoms with E-state index >= 15 is 0 Å². The molecule has 0 unspecified atom stereocenters. The lowest BCUT2D eigenvalue weighted by molar-refractivity contribution is -0.133. The van der Waals surface area contributed by atoms with Crippen LogP contribution in [0.4, 0.5) is 0 Å². The van der Waals surface area contributed by atoms with Gasteiger partial charge < -0.3 is 9.67 Å². The highest BCUT2D eigenvalue weighted by atomic mass is 79.9. The second kappa shape index (κ2) is 7.38. The van der Waals surface area contributed by atoms with Crippen molar-refractivity contribution in [2.24, 2.45) is 0 Å². The van der Waals surface area contributed by atoms with Crippen molar-refractivity contribution in [1.29, 1.82) is 0 Å². The molecular formula is C13H15BrN2O2S2. The summed E-state index contributed by atoms with van der Waals surface area (Å²) < 4.78 is 3.12. The number of halogens is 1. The number of thioether (sulfide) groups is 2. The van der Waals surface area contributed by atoms with E-state index in [1.54, 1.807) is 0 Å². The lowest BCUT2D eigenvalue weighted by Gasteiger charge is -2.07. The molecule has 4 nitrogen and oxygen atoms in total. The van der Waals surface area contributed by atoms with Gasteiger partial charge in [-0.1, -0.05) is 27.7 Å². The van der Waals surface area contributed by atoms with E-state index < -0.39 is 5.97 Å². The van der Waals surface area contributed by atoms with Gasteiger partial charge in [-0.15, -0.1) is 0 Å². The van der Waals surface area contributed by atoms with Crippen molar-refractivity contribution in [3.8, 4) is 0 Å². The van der Waals surface area contributed by atoms with Crippen molar-refractivity contribution in [2.45, 2.75) is 18.1 Å². The first-order valence-corrected chi connectivity index (χ1v) is 9.28. The van der Waals surface area contributed by atoms with Crippen LogP contribution in [-0.2, 0) is 11.3 Å². The number of imidazole rings is 1. The summed E-state index contributed by atoms with van der Waals surface area (Å²) in [7, 11) is 0. The fraction of sp³-hybridized carbons (Fsp3) is 0.385. The summed E-state index contributed by atoms with van der Waals surface area (Å²) in [6.45, 7) is 0.857. The topological polar surface area (TPSA) is 55.1 Å². The number of rotatable bonds is 7. The van der Waals surface area contributed by atoms with Crippen molar-refractivity contribution >= 4 is 56.5 Å². The molecule has 7 heteroatoms. The SMILES string of the molecule is CSCCCn1c(SCC(=O)O)nc2ccc(Br)cc21. The number of hydrogen-bond donors (Lipinski definition) is 1. The van der Waals surface area contributed by atoms with Crippen LogP contribution in [0.1, 0.15) is 6.42 Å². The Morgan fingerprint density at radius 1 is 1.50 bits per heavy atom. The van der Waals surface area contributed by atoms with Crippen LogP contribution in [0.2, 0.25) is 0 Å². The summed E-state index contributed by atoms with van der Waals surface area (Å²) in [6, 6.07) is 5.94. The van der Waals surface area contributed by atoms with Gasteiger partial charge in [0.2, 0.25) is 0 Å². The van der Waals surface area contributed by atoms with Crippen LogP contribution in [0.25, 0.3) is 11.0 Å². The molecule has 0 aliphatic heterocycles. The van der Waals surface area contributed by atoms with E-state index in [-0.39, 0.29) is 5.75 Å². The van der Waals surface area contributed by atoms with E-state index in [1.165, 1.54) is 11.8 Å². The van der Waals surface area contributed by atoms with Crippen LogP contribution < -0.4 is 0 Å². The van der Waals surface area contributed by atoms with Crippen molar-refractivity contribution in [3.05, 3.63) is 22.7 Å². The van der Waals surface area contributed by atoms with Gasteiger partial charge in [0, 0.05) is 11.0 Å². The minimum absolute atomic E-state index is 0.0347. The summed E-state index contributed by atoms with van der Waals surface area (Å²) in [5.74, 6) is 0.294. The number of carboxylic acid groups (broad SMARTS) is 1. The van der Waals surface area contributed by atoms with E-state index in [4.69, 9.17) is 5.11 Å². The van der Waals surface area contributed by atoms with Crippen molar-refractivity contribution in [3.63, 3.8) is 0 Å². The quantitative estimate of drug-likeness (QED) is 0.590. The largest absolute Gasteiger partial charge is 0.481 e. The van der Waals surface area contributed by atoms with Gasteiger partial charge in [0.1, 0.15) is 0 Å². The second-order valence-electron chi connectivity index (χ2n) is 4.21.